The van der Waals surface area contributed by atoms with E-state index in [1.54, 1.807) is 0 Å². The highest BCUT2D eigenvalue weighted by molar-refractivity contribution is 6.10. The van der Waals surface area contributed by atoms with Crippen molar-refractivity contribution in [3.05, 3.63) is 139 Å². The van der Waals surface area contributed by atoms with E-state index in [2.05, 4.69) is 150 Å². The summed E-state index contributed by atoms with van der Waals surface area (Å²) in [5.74, 6) is 0.474. The fourth-order valence-electron chi connectivity index (χ4n) is 6.54. The van der Waals surface area contributed by atoms with Crippen molar-refractivity contribution in [1.29, 1.82) is 0 Å². The standard InChI is InChI=1S/C37H28N2/c1-25-11-10-17-31-33-24-27(20-22-36(33)39(37(25)31)29-14-6-3-7-15-29)26-19-21-35-32(23-26)30-16-8-9-18-34(30)38(35)28-12-4-2-5-13-28/h2-10,12-25H,11H2,1H3. The number of allylic oxidation sites excluding steroid dienone is 1. The second-order valence-corrected chi connectivity index (χ2v) is 10.7. The van der Waals surface area contributed by atoms with Crippen LogP contribution < -0.4 is 0 Å². The van der Waals surface area contributed by atoms with Gasteiger partial charge in [0.05, 0.1) is 16.6 Å². The molecule has 186 valence electrons. The monoisotopic (exact) mass is 500 g/mol. The third-order valence-corrected chi connectivity index (χ3v) is 8.32. The molecular formula is C37H28N2. The quantitative estimate of drug-likeness (QED) is 0.228. The number of hydrogen-bond donors (Lipinski definition) is 0. The molecule has 2 nitrogen and oxygen atoms in total. The molecule has 1 aliphatic carbocycles. The minimum Gasteiger partial charge on any atom is -0.313 e. The van der Waals surface area contributed by atoms with Crippen molar-refractivity contribution in [2.75, 3.05) is 0 Å². The summed E-state index contributed by atoms with van der Waals surface area (Å²) in [4.78, 5) is 0. The number of aromatic nitrogens is 2. The molecule has 0 fully saturated rings. The van der Waals surface area contributed by atoms with E-state index in [1.807, 2.05) is 0 Å². The molecule has 0 aliphatic heterocycles. The normalized spacial score (nSPS) is 14.8. The molecule has 2 heteroatoms. The molecule has 39 heavy (non-hydrogen) atoms. The molecule has 1 aliphatic rings. The van der Waals surface area contributed by atoms with Gasteiger partial charge in [-0.05, 0) is 72.1 Å². The van der Waals surface area contributed by atoms with Crippen LogP contribution in [0.15, 0.2) is 127 Å². The predicted molar refractivity (Wildman–Crippen MR) is 165 cm³/mol. The van der Waals surface area contributed by atoms with Gasteiger partial charge in [-0.25, -0.2) is 0 Å². The van der Waals surface area contributed by atoms with Crippen LogP contribution in [-0.2, 0) is 0 Å². The van der Waals surface area contributed by atoms with Crippen LogP contribution in [0.4, 0.5) is 0 Å². The van der Waals surface area contributed by atoms with Crippen molar-refractivity contribution in [1.82, 2.24) is 9.13 Å². The van der Waals surface area contributed by atoms with E-state index >= 15 is 0 Å². The highest BCUT2D eigenvalue weighted by Crippen LogP contribution is 2.41. The molecule has 7 aromatic rings. The maximum Gasteiger partial charge on any atom is 0.0541 e. The second kappa shape index (κ2) is 8.61. The van der Waals surface area contributed by atoms with E-state index < -0.39 is 0 Å². The molecule has 2 heterocycles. The van der Waals surface area contributed by atoms with Gasteiger partial charge in [0.2, 0.25) is 0 Å². The van der Waals surface area contributed by atoms with E-state index in [1.165, 1.54) is 66.5 Å². The number of benzene rings is 5. The summed E-state index contributed by atoms with van der Waals surface area (Å²) < 4.78 is 4.85. The van der Waals surface area contributed by atoms with Crippen molar-refractivity contribution in [2.45, 2.75) is 19.3 Å². The van der Waals surface area contributed by atoms with Crippen molar-refractivity contribution in [3.8, 4) is 22.5 Å². The maximum absolute atomic E-state index is 2.47. The number of nitrogens with zero attached hydrogens (tertiary/aromatic N) is 2. The van der Waals surface area contributed by atoms with Crippen molar-refractivity contribution in [3.63, 3.8) is 0 Å². The third kappa shape index (κ3) is 3.35. The van der Waals surface area contributed by atoms with E-state index in [4.69, 9.17) is 0 Å². The van der Waals surface area contributed by atoms with Crippen LogP contribution in [-0.4, -0.2) is 9.13 Å². The third-order valence-electron chi connectivity index (χ3n) is 8.32. The van der Waals surface area contributed by atoms with Gasteiger partial charge in [-0.3, -0.25) is 0 Å². The Morgan fingerprint density at radius 1 is 0.538 bits per heavy atom. The molecule has 0 N–H and O–H groups in total. The Labute approximate surface area is 228 Å². The lowest BCUT2D eigenvalue weighted by Gasteiger charge is -2.19. The SMILES string of the molecule is CC1CC=Cc2c1n(-c1ccccc1)c1ccc(-c3ccc4c(c3)c3ccccc3n4-c3ccccc3)cc21. The fourth-order valence-corrected chi connectivity index (χ4v) is 6.54. The number of hydrogen-bond acceptors (Lipinski definition) is 0. The Morgan fingerprint density at radius 3 is 1.82 bits per heavy atom. The van der Waals surface area contributed by atoms with Crippen LogP contribution in [0.25, 0.3) is 61.3 Å². The summed E-state index contributed by atoms with van der Waals surface area (Å²) in [5, 5.41) is 3.88. The Morgan fingerprint density at radius 2 is 1.10 bits per heavy atom. The first kappa shape index (κ1) is 22.2. The molecule has 0 saturated heterocycles. The van der Waals surface area contributed by atoms with E-state index in [0.717, 1.165) is 6.42 Å². The van der Waals surface area contributed by atoms with Crippen LogP contribution in [0, 0.1) is 0 Å². The van der Waals surface area contributed by atoms with Crippen molar-refractivity contribution < 1.29 is 0 Å². The second-order valence-electron chi connectivity index (χ2n) is 10.7. The summed E-state index contributed by atoms with van der Waals surface area (Å²) in [6.45, 7) is 2.35. The van der Waals surface area contributed by atoms with Crippen LogP contribution in [0.1, 0.15) is 30.5 Å². The molecule has 0 radical (unpaired) electrons. The Bertz CT molecular complexity index is 2040. The number of para-hydroxylation sites is 3. The molecule has 8 rings (SSSR count). The van der Waals surface area contributed by atoms with Crippen LogP contribution in [0.3, 0.4) is 0 Å². The maximum atomic E-state index is 2.47. The first-order chi connectivity index (χ1) is 19.3. The molecule has 0 bridgehead atoms. The van der Waals surface area contributed by atoms with E-state index in [0.29, 0.717) is 5.92 Å². The zero-order chi connectivity index (χ0) is 25.9. The minimum atomic E-state index is 0.474. The molecule has 0 amide bonds. The van der Waals surface area contributed by atoms with Crippen LogP contribution in [0.2, 0.25) is 0 Å². The lowest BCUT2D eigenvalue weighted by Crippen LogP contribution is -2.06. The van der Waals surface area contributed by atoms with Gasteiger partial charge in [0, 0.05) is 44.7 Å². The predicted octanol–water partition coefficient (Wildman–Crippen LogP) is 9.91. The molecular weight excluding hydrogens is 472 g/mol. The van der Waals surface area contributed by atoms with Gasteiger partial charge >= 0.3 is 0 Å². The highest BCUT2D eigenvalue weighted by atomic mass is 15.0. The Balaban J connectivity index is 1.35. The van der Waals surface area contributed by atoms with Crippen LogP contribution >= 0.6 is 0 Å². The molecule has 1 atom stereocenters. The van der Waals surface area contributed by atoms with Gasteiger partial charge in [-0.1, -0.05) is 85.8 Å². The molecule has 0 spiro atoms. The first-order valence-electron chi connectivity index (χ1n) is 13.8. The lowest BCUT2D eigenvalue weighted by atomic mass is 9.92. The minimum absolute atomic E-state index is 0.474. The van der Waals surface area contributed by atoms with Crippen molar-refractivity contribution in [2.24, 2.45) is 0 Å². The smallest absolute Gasteiger partial charge is 0.0541 e. The van der Waals surface area contributed by atoms with Gasteiger partial charge < -0.3 is 9.13 Å². The lowest BCUT2D eigenvalue weighted by molar-refractivity contribution is 0.723. The zero-order valence-corrected chi connectivity index (χ0v) is 21.9. The summed E-state index contributed by atoms with van der Waals surface area (Å²) in [7, 11) is 0. The van der Waals surface area contributed by atoms with Gasteiger partial charge in [-0.15, -0.1) is 0 Å². The topological polar surface area (TPSA) is 9.86 Å². The fraction of sp³-hybridized carbons (Fsp3) is 0.0811. The van der Waals surface area contributed by atoms with E-state index in [9.17, 15) is 0 Å². The van der Waals surface area contributed by atoms with E-state index in [-0.39, 0.29) is 0 Å². The summed E-state index contributed by atoms with van der Waals surface area (Å²) >= 11 is 0. The molecule has 2 aromatic heterocycles. The Hall–Kier alpha value is -4.82. The molecule has 5 aromatic carbocycles. The zero-order valence-electron chi connectivity index (χ0n) is 21.9. The molecule has 1 unspecified atom stereocenters. The van der Waals surface area contributed by atoms with Gasteiger partial charge in [0.25, 0.3) is 0 Å². The largest absolute Gasteiger partial charge is 0.313 e. The van der Waals surface area contributed by atoms with Crippen LogP contribution in [0.5, 0.6) is 0 Å². The van der Waals surface area contributed by atoms with Gasteiger partial charge in [0.15, 0.2) is 0 Å². The number of rotatable bonds is 3. The van der Waals surface area contributed by atoms with Gasteiger partial charge in [-0.2, -0.15) is 0 Å². The van der Waals surface area contributed by atoms with Crippen molar-refractivity contribution >= 4 is 38.8 Å². The summed E-state index contributed by atoms with van der Waals surface area (Å²) in [5.41, 5.74) is 11.4. The highest BCUT2D eigenvalue weighted by Gasteiger charge is 2.23. The Kier molecular flexibility index (Phi) is 4.90. The first-order valence-corrected chi connectivity index (χ1v) is 13.8. The molecule has 0 saturated carbocycles. The number of fused-ring (bicyclic) bond motifs is 6. The van der Waals surface area contributed by atoms with Gasteiger partial charge in [0.1, 0.15) is 0 Å². The average Bonchev–Trinajstić information content (AvgIpc) is 3.51. The average molecular weight is 501 g/mol. The summed E-state index contributed by atoms with van der Waals surface area (Å²) in [6, 6.07) is 44.1. The summed E-state index contributed by atoms with van der Waals surface area (Å²) in [6.07, 6.45) is 5.74.